The zero-order chi connectivity index (χ0) is 11.9. The maximum atomic E-state index is 11.1. The summed E-state index contributed by atoms with van der Waals surface area (Å²) in [6.07, 6.45) is 0.906. The monoisotopic (exact) mass is 235 g/mol. The molecule has 4 nitrogen and oxygen atoms in total. The Morgan fingerprint density at radius 1 is 1.60 bits per heavy atom. The highest BCUT2D eigenvalue weighted by Crippen LogP contribution is 2.18. The molecular weight excluding hydrogens is 214 g/mol. The van der Waals surface area contributed by atoms with Crippen LogP contribution >= 0.6 is 11.8 Å². The summed E-state index contributed by atoms with van der Waals surface area (Å²) >= 11 is 1.47. The second-order valence-electron chi connectivity index (χ2n) is 3.87. The molecule has 2 atom stereocenters. The lowest BCUT2D eigenvalue weighted by Gasteiger charge is -2.26. The number of thioether (sulfide) groups is 1. The average Bonchev–Trinajstić information content (AvgIpc) is 2.22. The Kier molecular flexibility index (Phi) is 6.96. The maximum absolute atomic E-state index is 11.1. The van der Waals surface area contributed by atoms with Crippen molar-refractivity contribution in [1.29, 1.82) is 0 Å². The molecule has 0 saturated heterocycles. The first-order valence-electron chi connectivity index (χ1n) is 5.17. The lowest BCUT2D eigenvalue weighted by Crippen LogP contribution is -2.52. The van der Waals surface area contributed by atoms with Crippen LogP contribution in [-0.4, -0.2) is 45.9 Å². The van der Waals surface area contributed by atoms with Gasteiger partial charge in [0.1, 0.15) is 5.54 Å². The zero-order valence-corrected chi connectivity index (χ0v) is 10.4. The average molecular weight is 235 g/mol. The number of aliphatic hydroxyl groups is 1. The molecular formula is C10H21NO3S. The molecule has 3 N–H and O–H groups in total. The predicted molar refractivity (Wildman–Crippen MR) is 63.3 cm³/mol. The minimum absolute atomic E-state index is 0.0760. The normalized spacial score (nSPS) is 17.1. The van der Waals surface area contributed by atoms with Gasteiger partial charge in [0.2, 0.25) is 0 Å². The summed E-state index contributed by atoms with van der Waals surface area (Å²) in [4.78, 5) is 11.1. The SMILES string of the molecule is CCCNC(C)(CSC(C)CO)C(=O)O. The van der Waals surface area contributed by atoms with E-state index < -0.39 is 11.5 Å². The minimum Gasteiger partial charge on any atom is -0.480 e. The Morgan fingerprint density at radius 3 is 2.60 bits per heavy atom. The van der Waals surface area contributed by atoms with Crippen LogP contribution in [0.3, 0.4) is 0 Å². The predicted octanol–water partition coefficient (Wildman–Crippen LogP) is 0.943. The van der Waals surface area contributed by atoms with Crippen LogP contribution in [0.4, 0.5) is 0 Å². The van der Waals surface area contributed by atoms with E-state index >= 15 is 0 Å². The fourth-order valence-electron chi connectivity index (χ4n) is 0.951. The van der Waals surface area contributed by atoms with Gasteiger partial charge in [-0.3, -0.25) is 4.79 Å². The van der Waals surface area contributed by atoms with Gasteiger partial charge in [0.25, 0.3) is 0 Å². The van der Waals surface area contributed by atoms with E-state index in [-0.39, 0.29) is 11.9 Å². The quantitative estimate of drug-likeness (QED) is 0.584. The van der Waals surface area contributed by atoms with Crippen molar-refractivity contribution in [1.82, 2.24) is 5.32 Å². The molecule has 0 fully saturated rings. The van der Waals surface area contributed by atoms with E-state index in [1.54, 1.807) is 6.92 Å². The molecule has 0 aromatic heterocycles. The van der Waals surface area contributed by atoms with Crippen LogP contribution < -0.4 is 5.32 Å². The molecule has 0 saturated carbocycles. The van der Waals surface area contributed by atoms with Crippen molar-refractivity contribution in [2.45, 2.75) is 38.0 Å². The van der Waals surface area contributed by atoms with Crippen molar-refractivity contribution in [3.8, 4) is 0 Å². The summed E-state index contributed by atoms with van der Waals surface area (Å²) in [6, 6.07) is 0. The van der Waals surface area contributed by atoms with Crippen LogP contribution in [0.15, 0.2) is 0 Å². The van der Waals surface area contributed by atoms with Crippen molar-refractivity contribution < 1.29 is 15.0 Å². The molecule has 2 unspecified atom stereocenters. The highest BCUT2D eigenvalue weighted by Gasteiger charge is 2.32. The van der Waals surface area contributed by atoms with Crippen molar-refractivity contribution in [2.75, 3.05) is 18.9 Å². The first-order chi connectivity index (χ1) is 6.96. The van der Waals surface area contributed by atoms with Gasteiger partial charge in [-0.2, -0.15) is 11.8 Å². The molecule has 0 aromatic carbocycles. The van der Waals surface area contributed by atoms with Gasteiger partial charge < -0.3 is 15.5 Å². The Labute approximate surface area is 95.4 Å². The maximum Gasteiger partial charge on any atom is 0.324 e. The highest BCUT2D eigenvalue weighted by molar-refractivity contribution is 8.00. The van der Waals surface area contributed by atoms with Gasteiger partial charge in [-0.15, -0.1) is 0 Å². The third kappa shape index (κ3) is 5.39. The van der Waals surface area contributed by atoms with E-state index in [0.29, 0.717) is 12.3 Å². The fraction of sp³-hybridized carbons (Fsp3) is 0.900. The topological polar surface area (TPSA) is 69.6 Å². The van der Waals surface area contributed by atoms with Crippen molar-refractivity contribution in [2.24, 2.45) is 0 Å². The first kappa shape index (κ1) is 14.7. The second-order valence-corrected chi connectivity index (χ2v) is 5.29. The Balaban J connectivity index is 4.19. The van der Waals surface area contributed by atoms with Crippen LogP contribution in [0.5, 0.6) is 0 Å². The van der Waals surface area contributed by atoms with Gasteiger partial charge in [-0.25, -0.2) is 0 Å². The van der Waals surface area contributed by atoms with Gasteiger partial charge in [0.15, 0.2) is 0 Å². The molecule has 90 valence electrons. The van der Waals surface area contributed by atoms with Crippen LogP contribution in [0.25, 0.3) is 0 Å². The molecule has 0 bridgehead atoms. The number of carboxylic acid groups (broad SMARTS) is 1. The van der Waals surface area contributed by atoms with Crippen LogP contribution in [-0.2, 0) is 4.79 Å². The van der Waals surface area contributed by atoms with E-state index in [1.165, 1.54) is 11.8 Å². The van der Waals surface area contributed by atoms with Crippen LogP contribution in [0.1, 0.15) is 27.2 Å². The van der Waals surface area contributed by atoms with Crippen LogP contribution in [0.2, 0.25) is 0 Å². The minimum atomic E-state index is -0.899. The fourth-order valence-corrected chi connectivity index (χ4v) is 1.90. The smallest absolute Gasteiger partial charge is 0.324 e. The number of carboxylic acids is 1. The third-order valence-electron chi connectivity index (χ3n) is 2.15. The van der Waals surface area contributed by atoms with Crippen molar-refractivity contribution >= 4 is 17.7 Å². The summed E-state index contributed by atoms with van der Waals surface area (Å²) in [5.74, 6) is -0.377. The number of aliphatic carboxylic acids is 1. The van der Waals surface area contributed by atoms with Gasteiger partial charge in [-0.05, 0) is 19.9 Å². The second kappa shape index (κ2) is 7.09. The van der Waals surface area contributed by atoms with E-state index in [1.807, 2.05) is 13.8 Å². The molecule has 0 spiro atoms. The first-order valence-corrected chi connectivity index (χ1v) is 6.22. The molecule has 15 heavy (non-hydrogen) atoms. The number of hydrogen-bond donors (Lipinski definition) is 3. The molecule has 0 rings (SSSR count). The molecule has 0 radical (unpaired) electrons. The number of carbonyl (C=O) groups is 1. The Hall–Kier alpha value is -0.260. The van der Waals surface area contributed by atoms with Gasteiger partial charge in [0, 0.05) is 11.0 Å². The number of aliphatic hydroxyl groups excluding tert-OH is 1. The van der Waals surface area contributed by atoms with E-state index in [2.05, 4.69) is 5.32 Å². The largest absolute Gasteiger partial charge is 0.480 e. The molecule has 0 aliphatic carbocycles. The third-order valence-corrected chi connectivity index (χ3v) is 3.61. The summed E-state index contributed by atoms with van der Waals surface area (Å²) in [7, 11) is 0. The molecule has 0 aliphatic heterocycles. The number of rotatable bonds is 8. The molecule has 0 amide bonds. The number of hydrogen-bond acceptors (Lipinski definition) is 4. The summed E-state index contributed by atoms with van der Waals surface area (Å²) < 4.78 is 0. The van der Waals surface area contributed by atoms with Crippen molar-refractivity contribution in [3.63, 3.8) is 0 Å². The van der Waals surface area contributed by atoms with E-state index in [0.717, 1.165) is 6.42 Å². The molecule has 0 aliphatic rings. The summed E-state index contributed by atoms with van der Waals surface area (Å²) in [5.41, 5.74) is -0.899. The van der Waals surface area contributed by atoms with Gasteiger partial charge in [0.05, 0.1) is 6.61 Å². The van der Waals surface area contributed by atoms with Gasteiger partial charge >= 0.3 is 5.97 Å². The van der Waals surface area contributed by atoms with E-state index in [4.69, 9.17) is 10.2 Å². The Morgan fingerprint density at radius 2 is 2.20 bits per heavy atom. The van der Waals surface area contributed by atoms with Crippen molar-refractivity contribution in [3.05, 3.63) is 0 Å². The van der Waals surface area contributed by atoms with Gasteiger partial charge in [-0.1, -0.05) is 13.8 Å². The molecule has 0 heterocycles. The lowest BCUT2D eigenvalue weighted by atomic mass is 10.1. The van der Waals surface area contributed by atoms with Crippen LogP contribution in [0, 0.1) is 0 Å². The summed E-state index contributed by atoms with van der Waals surface area (Å²) in [5, 5.41) is 21.1. The number of nitrogens with one attached hydrogen (secondary N) is 1. The van der Waals surface area contributed by atoms with E-state index in [9.17, 15) is 4.79 Å². The standard InChI is InChI=1S/C10H21NO3S/c1-4-5-11-10(3,9(13)14)7-15-8(2)6-12/h8,11-12H,4-7H2,1-3H3,(H,13,14). The highest BCUT2D eigenvalue weighted by atomic mass is 32.2. The Bertz CT molecular complexity index is 201. The molecule has 5 heteroatoms. The zero-order valence-electron chi connectivity index (χ0n) is 9.62. The molecule has 0 aromatic rings. The summed E-state index contributed by atoms with van der Waals surface area (Å²) in [6.45, 7) is 6.33. The lowest BCUT2D eigenvalue weighted by molar-refractivity contribution is -0.143.